The van der Waals surface area contributed by atoms with E-state index in [0.717, 1.165) is 21.4 Å². The van der Waals surface area contributed by atoms with Crippen molar-refractivity contribution in [2.45, 2.75) is 70.1 Å². The van der Waals surface area contributed by atoms with Crippen molar-refractivity contribution in [1.29, 1.82) is 0 Å². The highest BCUT2D eigenvalue weighted by atomic mass is 35.5. The summed E-state index contributed by atoms with van der Waals surface area (Å²) in [5.41, 5.74) is 5.79. The van der Waals surface area contributed by atoms with Gasteiger partial charge in [0.05, 0.1) is 23.3 Å². The number of hydrogen-bond acceptors (Lipinski definition) is 3. The van der Waals surface area contributed by atoms with E-state index in [4.69, 9.17) is 23.8 Å². The largest absolute Gasteiger partial charge is 0.365 e. The van der Waals surface area contributed by atoms with Crippen molar-refractivity contribution in [1.82, 2.24) is 15.2 Å². The number of thiocarbonyl (C=S) groups is 1. The molecule has 2 atom stereocenters. The number of nitrogens with zero attached hydrogens (tertiary/aromatic N) is 3. The summed E-state index contributed by atoms with van der Waals surface area (Å²) in [7, 11) is 2.14. The molecule has 0 amide bonds. The van der Waals surface area contributed by atoms with Crippen molar-refractivity contribution < 1.29 is 0 Å². The van der Waals surface area contributed by atoms with Crippen LogP contribution in [0.2, 0.25) is 5.02 Å². The normalized spacial score (nSPS) is 25.0. The molecule has 3 heterocycles. The average molecular weight is 467 g/mol. The molecule has 1 aromatic carbocycles. The van der Waals surface area contributed by atoms with Gasteiger partial charge in [-0.1, -0.05) is 36.6 Å². The summed E-state index contributed by atoms with van der Waals surface area (Å²) in [5.74, 6) is 0. The molecule has 0 bridgehead atoms. The minimum absolute atomic E-state index is 0.0198. The van der Waals surface area contributed by atoms with E-state index in [1.54, 1.807) is 0 Å². The lowest BCUT2D eigenvalue weighted by Crippen LogP contribution is -2.42. The van der Waals surface area contributed by atoms with E-state index in [-0.39, 0.29) is 17.6 Å². The Labute approximate surface area is 201 Å². The van der Waals surface area contributed by atoms with Crippen LogP contribution in [0, 0.1) is 0 Å². The van der Waals surface area contributed by atoms with E-state index >= 15 is 0 Å². The fourth-order valence-corrected chi connectivity index (χ4v) is 6.35. The molecule has 0 radical (unpaired) electrons. The molecule has 1 saturated carbocycles. The van der Waals surface area contributed by atoms with Gasteiger partial charge in [0.2, 0.25) is 0 Å². The predicted octanol–water partition coefficient (Wildman–Crippen LogP) is 6.28. The Morgan fingerprint density at radius 3 is 2.62 bits per heavy atom. The zero-order valence-corrected chi connectivity index (χ0v) is 20.8. The van der Waals surface area contributed by atoms with Crippen molar-refractivity contribution in [3.63, 3.8) is 0 Å². The summed E-state index contributed by atoms with van der Waals surface area (Å²) in [6, 6.07) is 11.0. The fraction of sp³-hybridized carbons (Fsp3) is 0.462. The van der Waals surface area contributed by atoms with Gasteiger partial charge in [-0.3, -0.25) is 4.98 Å². The smallest absolute Gasteiger partial charge is 0.170 e. The molecule has 0 unspecified atom stereocenters. The number of nitrogens with one attached hydrogen (secondary N) is 1. The number of hydrogen-bond donors (Lipinski definition) is 1. The zero-order valence-electron chi connectivity index (χ0n) is 19.2. The first kappa shape index (κ1) is 21.7. The van der Waals surface area contributed by atoms with E-state index < -0.39 is 0 Å². The second-order valence-electron chi connectivity index (χ2n) is 9.90. The number of benzene rings is 1. The van der Waals surface area contributed by atoms with E-state index in [2.05, 4.69) is 72.2 Å². The van der Waals surface area contributed by atoms with Gasteiger partial charge in [-0.25, -0.2) is 0 Å². The van der Waals surface area contributed by atoms with Gasteiger partial charge in [0.1, 0.15) is 0 Å². The van der Waals surface area contributed by atoms with Gasteiger partial charge in [0.25, 0.3) is 0 Å². The maximum Gasteiger partial charge on any atom is 0.170 e. The van der Waals surface area contributed by atoms with Crippen molar-refractivity contribution in [2.75, 3.05) is 11.9 Å². The van der Waals surface area contributed by atoms with Crippen LogP contribution < -0.4 is 10.2 Å². The first-order valence-electron chi connectivity index (χ1n) is 11.5. The molecule has 32 heavy (non-hydrogen) atoms. The van der Waals surface area contributed by atoms with Gasteiger partial charge in [-0.15, -0.1) is 0 Å². The van der Waals surface area contributed by atoms with Gasteiger partial charge >= 0.3 is 0 Å². The number of pyridine rings is 1. The summed E-state index contributed by atoms with van der Waals surface area (Å²) < 4.78 is 0. The molecule has 168 valence electrons. The van der Waals surface area contributed by atoms with Gasteiger partial charge in [0.15, 0.2) is 5.11 Å². The second kappa shape index (κ2) is 8.03. The van der Waals surface area contributed by atoms with Gasteiger partial charge < -0.3 is 15.1 Å². The number of likely N-dealkylation sites (N-methyl/N-ethyl adjacent to an activating group) is 1. The SMILES string of the molecule is CC1=CC(C)(C)N(C)c2cc(Cl)c([C@@H]3[C@@H](c4ccccn4)NC(=S)N3C3CCCC3)cc21. The lowest BCUT2D eigenvalue weighted by Gasteiger charge is -2.41. The van der Waals surface area contributed by atoms with E-state index in [0.29, 0.717) is 6.04 Å². The molecule has 6 heteroatoms. The molecule has 3 aliphatic rings. The Morgan fingerprint density at radius 1 is 1.19 bits per heavy atom. The number of halogens is 1. The summed E-state index contributed by atoms with van der Waals surface area (Å²) in [6.45, 7) is 6.67. The van der Waals surface area contributed by atoms with Crippen molar-refractivity contribution in [3.8, 4) is 0 Å². The quantitative estimate of drug-likeness (QED) is 0.538. The Bertz CT molecular complexity index is 1070. The third-order valence-corrected chi connectivity index (χ3v) is 8.16. The van der Waals surface area contributed by atoms with Crippen molar-refractivity contribution in [3.05, 3.63) is 64.4 Å². The van der Waals surface area contributed by atoms with E-state index in [1.165, 1.54) is 42.5 Å². The van der Waals surface area contributed by atoms with Crippen LogP contribution in [0.5, 0.6) is 0 Å². The number of fused-ring (bicyclic) bond motifs is 1. The minimum atomic E-state index is -0.0508. The van der Waals surface area contributed by atoms with Crippen LogP contribution >= 0.6 is 23.8 Å². The lowest BCUT2D eigenvalue weighted by atomic mass is 9.86. The van der Waals surface area contributed by atoms with Crippen molar-refractivity contribution >= 4 is 40.2 Å². The standard InChI is InChI=1S/C26H31ClN4S/c1-16-15-26(2,3)30(4)22-14-20(27)19(13-18(16)22)24-23(21-11-7-8-12-28-21)29-25(32)31(24)17-9-5-6-10-17/h7-8,11-15,17,23-24H,5-6,9-10H2,1-4H3,(H,29,32)/t23-,24-/m1/s1. The topological polar surface area (TPSA) is 31.4 Å². The molecule has 4 nitrogen and oxygen atoms in total. The molecule has 2 aromatic rings. The average Bonchev–Trinajstić information content (AvgIpc) is 3.40. The molecular formula is C26H31ClN4S. The maximum absolute atomic E-state index is 7.06. The molecule has 1 N–H and O–H groups in total. The zero-order chi connectivity index (χ0) is 22.6. The first-order chi connectivity index (χ1) is 15.3. The molecule has 1 aromatic heterocycles. The third kappa shape index (κ3) is 3.50. The van der Waals surface area contributed by atoms with E-state index in [9.17, 15) is 0 Å². The van der Waals surface area contributed by atoms with Crippen LogP contribution in [0.4, 0.5) is 5.69 Å². The summed E-state index contributed by atoms with van der Waals surface area (Å²) >= 11 is 12.9. The van der Waals surface area contributed by atoms with Crippen LogP contribution in [0.15, 0.2) is 42.6 Å². The summed E-state index contributed by atoms with van der Waals surface area (Å²) in [5, 5.41) is 5.21. The van der Waals surface area contributed by atoms with Crippen LogP contribution in [0.1, 0.15) is 75.4 Å². The number of anilines is 1. The number of aromatic nitrogens is 1. The molecule has 5 rings (SSSR count). The highest BCUT2D eigenvalue weighted by Gasteiger charge is 2.45. The Balaban J connectivity index is 1.66. The number of allylic oxidation sites excluding steroid dienone is 1. The molecule has 1 aliphatic carbocycles. The van der Waals surface area contributed by atoms with Crippen LogP contribution in [0.25, 0.3) is 5.57 Å². The maximum atomic E-state index is 7.06. The van der Waals surface area contributed by atoms with Crippen LogP contribution in [0.3, 0.4) is 0 Å². The molecule has 1 saturated heterocycles. The Hall–Kier alpha value is -2.11. The van der Waals surface area contributed by atoms with Gasteiger partial charge in [-0.2, -0.15) is 0 Å². The monoisotopic (exact) mass is 466 g/mol. The predicted molar refractivity (Wildman–Crippen MR) is 137 cm³/mol. The molecule has 2 fully saturated rings. The highest BCUT2D eigenvalue weighted by Crippen LogP contribution is 2.48. The molecule has 2 aliphatic heterocycles. The van der Waals surface area contributed by atoms with E-state index in [1.807, 2.05) is 18.3 Å². The highest BCUT2D eigenvalue weighted by molar-refractivity contribution is 7.80. The second-order valence-corrected chi connectivity index (χ2v) is 10.7. The van der Waals surface area contributed by atoms with Crippen LogP contribution in [-0.4, -0.2) is 33.6 Å². The Morgan fingerprint density at radius 2 is 1.94 bits per heavy atom. The van der Waals surface area contributed by atoms with Gasteiger partial charge in [-0.05, 0) is 81.2 Å². The summed E-state index contributed by atoms with van der Waals surface area (Å²) in [6.07, 6.45) is 9.05. The lowest BCUT2D eigenvalue weighted by molar-refractivity contribution is 0.245. The van der Waals surface area contributed by atoms with Crippen molar-refractivity contribution in [2.24, 2.45) is 0 Å². The molecule has 0 spiro atoms. The van der Waals surface area contributed by atoms with Gasteiger partial charge in [0, 0.05) is 35.6 Å². The van der Waals surface area contributed by atoms with Crippen LogP contribution in [-0.2, 0) is 0 Å². The fourth-order valence-electron chi connectivity index (χ4n) is 5.69. The minimum Gasteiger partial charge on any atom is -0.365 e. The Kier molecular flexibility index (Phi) is 5.45. The summed E-state index contributed by atoms with van der Waals surface area (Å²) in [4.78, 5) is 9.42. The first-order valence-corrected chi connectivity index (χ1v) is 12.3. The third-order valence-electron chi connectivity index (χ3n) is 7.51. The molecular weight excluding hydrogens is 436 g/mol. The number of rotatable bonds is 3.